The van der Waals surface area contributed by atoms with Crippen LogP contribution in [0.3, 0.4) is 0 Å². The molecule has 0 radical (unpaired) electrons. The van der Waals surface area contributed by atoms with Crippen molar-refractivity contribution in [3.05, 3.63) is 51.9 Å². The van der Waals surface area contributed by atoms with Crippen molar-refractivity contribution in [3.8, 4) is 0 Å². The van der Waals surface area contributed by atoms with Gasteiger partial charge in [-0.15, -0.1) is 11.3 Å². The molecule has 24 heavy (non-hydrogen) atoms. The van der Waals surface area contributed by atoms with Gasteiger partial charge in [0.05, 0.1) is 22.6 Å². The van der Waals surface area contributed by atoms with Gasteiger partial charge in [0, 0.05) is 6.54 Å². The first-order chi connectivity index (χ1) is 11.2. The van der Waals surface area contributed by atoms with Crippen LogP contribution in [0.1, 0.15) is 31.1 Å². The van der Waals surface area contributed by atoms with Crippen LogP contribution in [-0.4, -0.2) is 31.4 Å². The highest BCUT2D eigenvalue weighted by Crippen LogP contribution is 2.37. The van der Waals surface area contributed by atoms with E-state index in [4.69, 9.17) is 16.3 Å². The van der Waals surface area contributed by atoms with Crippen molar-refractivity contribution in [1.82, 2.24) is 4.31 Å². The Labute approximate surface area is 152 Å². The summed E-state index contributed by atoms with van der Waals surface area (Å²) in [5, 5.41) is 0. The van der Waals surface area contributed by atoms with Crippen LogP contribution in [0.4, 0.5) is 0 Å². The third kappa shape index (κ3) is 3.39. The molecule has 1 saturated heterocycles. The summed E-state index contributed by atoms with van der Waals surface area (Å²) < 4.78 is 34.4. The Kier molecular flexibility index (Phi) is 4.79. The van der Waals surface area contributed by atoms with Gasteiger partial charge in [0.25, 0.3) is 10.0 Å². The monoisotopic (exact) mass is 385 g/mol. The second-order valence-corrected chi connectivity index (χ2v) is 10.4. The molecule has 1 aliphatic rings. The molecule has 0 bridgehead atoms. The number of nitrogens with zero attached hydrogens (tertiary/aromatic N) is 1. The van der Waals surface area contributed by atoms with Gasteiger partial charge < -0.3 is 4.74 Å². The molecule has 7 heteroatoms. The zero-order valence-electron chi connectivity index (χ0n) is 13.8. The predicted octanol–water partition coefficient (Wildman–Crippen LogP) is 4.25. The van der Waals surface area contributed by atoms with Gasteiger partial charge in [0.1, 0.15) is 4.21 Å². The molecule has 1 aliphatic heterocycles. The molecular weight excluding hydrogens is 366 g/mol. The van der Waals surface area contributed by atoms with E-state index in [1.165, 1.54) is 4.31 Å². The maximum Gasteiger partial charge on any atom is 0.253 e. The van der Waals surface area contributed by atoms with E-state index >= 15 is 0 Å². The van der Waals surface area contributed by atoms with Gasteiger partial charge in [-0.3, -0.25) is 0 Å². The Morgan fingerprint density at radius 2 is 1.88 bits per heavy atom. The minimum atomic E-state index is -3.61. The number of morpholine rings is 1. The first-order valence-electron chi connectivity index (χ1n) is 7.66. The lowest BCUT2D eigenvalue weighted by Crippen LogP contribution is -2.55. The Morgan fingerprint density at radius 3 is 2.46 bits per heavy atom. The fraction of sp³-hybridized carbons (Fsp3) is 0.412. The maximum atomic E-state index is 13.1. The molecule has 1 aromatic heterocycles. The summed E-state index contributed by atoms with van der Waals surface area (Å²) in [7, 11) is -3.61. The van der Waals surface area contributed by atoms with Crippen LogP contribution in [0.2, 0.25) is 4.34 Å². The minimum Gasteiger partial charge on any atom is -0.370 e. The van der Waals surface area contributed by atoms with Crippen molar-refractivity contribution >= 4 is 33.0 Å². The molecule has 2 heterocycles. The molecule has 3 rings (SSSR count). The zero-order chi connectivity index (χ0) is 17.5. The summed E-state index contributed by atoms with van der Waals surface area (Å²) in [6.07, 6.45) is -0.274. The van der Waals surface area contributed by atoms with E-state index in [2.05, 4.69) is 0 Å². The van der Waals surface area contributed by atoms with E-state index in [0.29, 0.717) is 10.9 Å². The second-order valence-electron chi connectivity index (χ2n) is 6.62. The largest absolute Gasteiger partial charge is 0.370 e. The maximum absolute atomic E-state index is 13.1. The van der Waals surface area contributed by atoms with E-state index < -0.39 is 15.6 Å². The van der Waals surface area contributed by atoms with Gasteiger partial charge in [-0.2, -0.15) is 4.31 Å². The van der Waals surface area contributed by atoms with Crippen molar-refractivity contribution in [3.63, 3.8) is 0 Å². The molecular formula is C17H20ClNO3S2. The zero-order valence-corrected chi connectivity index (χ0v) is 16.2. The first-order valence-corrected chi connectivity index (χ1v) is 10.3. The molecule has 1 atom stereocenters. The number of benzene rings is 1. The molecule has 0 spiro atoms. The van der Waals surface area contributed by atoms with Crippen molar-refractivity contribution in [2.75, 3.05) is 13.2 Å². The van der Waals surface area contributed by atoms with Crippen molar-refractivity contribution < 1.29 is 13.2 Å². The Bertz CT molecular complexity index is 828. The second kappa shape index (κ2) is 6.42. The normalized spacial score (nSPS) is 21.8. The molecule has 1 aromatic carbocycles. The molecule has 1 unspecified atom stereocenters. The lowest BCUT2D eigenvalue weighted by atomic mass is 10.0. The van der Waals surface area contributed by atoms with E-state index in [0.717, 1.165) is 22.5 Å². The van der Waals surface area contributed by atoms with Crippen LogP contribution in [0.25, 0.3) is 0 Å². The van der Waals surface area contributed by atoms with Crippen LogP contribution in [0.5, 0.6) is 0 Å². The Balaban J connectivity index is 1.93. The Hall–Kier alpha value is -0.920. The SMILES string of the molecule is Cc1ccc(C2CN(S(=O)(=O)c3ccc(Cl)s3)C(C)(C)CO2)cc1. The molecule has 0 N–H and O–H groups in total. The molecule has 0 saturated carbocycles. The van der Waals surface area contributed by atoms with E-state index in [-0.39, 0.29) is 16.9 Å². The first kappa shape index (κ1) is 17.9. The number of ether oxygens (including phenoxy) is 1. The summed E-state index contributed by atoms with van der Waals surface area (Å²) in [6, 6.07) is 11.2. The third-order valence-corrected chi connectivity index (χ3v) is 7.96. The van der Waals surface area contributed by atoms with E-state index in [1.807, 2.05) is 45.0 Å². The molecule has 1 fully saturated rings. The van der Waals surface area contributed by atoms with Crippen LogP contribution >= 0.6 is 22.9 Å². The third-order valence-electron chi connectivity index (χ3n) is 4.19. The van der Waals surface area contributed by atoms with Gasteiger partial charge >= 0.3 is 0 Å². The average Bonchev–Trinajstić information content (AvgIpc) is 2.95. The fourth-order valence-electron chi connectivity index (χ4n) is 2.78. The summed E-state index contributed by atoms with van der Waals surface area (Å²) in [4.78, 5) is 0. The van der Waals surface area contributed by atoms with Crippen LogP contribution in [0.15, 0.2) is 40.6 Å². The number of rotatable bonds is 3. The topological polar surface area (TPSA) is 46.6 Å². The molecule has 0 aliphatic carbocycles. The fourth-order valence-corrected chi connectivity index (χ4v) is 6.14. The molecule has 130 valence electrons. The summed E-state index contributed by atoms with van der Waals surface area (Å²) in [5.74, 6) is 0. The quantitative estimate of drug-likeness (QED) is 0.793. The van der Waals surface area contributed by atoms with Gasteiger partial charge in [-0.1, -0.05) is 41.4 Å². The highest BCUT2D eigenvalue weighted by atomic mass is 35.5. The smallest absolute Gasteiger partial charge is 0.253 e. The number of hydrogen-bond acceptors (Lipinski definition) is 4. The Morgan fingerprint density at radius 1 is 1.21 bits per heavy atom. The number of hydrogen-bond donors (Lipinski definition) is 0. The van der Waals surface area contributed by atoms with Crippen molar-refractivity contribution in [2.45, 2.75) is 36.6 Å². The number of sulfonamides is 1. The van der Waals surface area contributed by atoms with Crippen LogP contribution in [-0.2, 0) is 14.8 Å². The minimum absolute atomic E-state index is 0.269. The number of aryl methyl sites for hydroxylation is 1. The standard InChI is InChI=1S/C17H20ClNO3S2/c1-12-4-6-13(7-5-12)14-10-19(17(2,3)11-22-14)24(20,21)16-9-8-15(18)23-16/h4-9,14H,10-11H2,1-3H3. The van der Waals surface area contributed by atoms with Crippen LogP contribution in [0, 0.1) is 6.92 Å². The lowest BCUT2D eigenvalue weighted by molar-refractivity contribution is -0.0654. The lowest BCUT2D eigenvalue weighted by Gasteiger charge is -2.44. The number of halogens is 1. The van der Waals surface area contributed by atoms with E-state index in [1.54, 1.807) is 12.1 Å². The highest BCUT2D eigenvalue weighted by Gasteiger charge is 2.43. The van der Waals surface area contributed by atoms with Gasteiger partial charge in [-0.25, -0.2) is 8.42 Å². The van der Waals surface area contributed by atoms with E-state index in [9.17, 15) is 8.42 Å². The molecule has 0 amide bonds. The summed E-state index contributed by atoms with van der Waals surface area (Å²) in [6.45, 7) is 6.40. The van der Waals surface area contributed by atoms with Gasteiger partial charge in [0.2, 0.25) is 0 Å². The molecule has 4 nitrogen and oxygen atoms in total. The van der Waals surface area contributed by atoms with Crippen molar-refractivity contribution in [2.24, 2.45) is 0 Å². The number of thiophene rings is 1. The summed E-state index contributed by atoms with van der Waals surface area (Å²) in [5.41, 5.74) is 1.53. The van der Waals surface area contributed by atoms with Crippen molar-refractivity contribution in [1.29, 1.82) is 0 Å². The molecule has 2 aromatic rings. The van der Waals surface area contributed by atoms with Crippen LogP contribution < -0.4 is 0 Å². The summed E-state index contributed by atoms with van der Waals surface area (Å²) >= 11 is 7.01. The van der Waals surface area contributed by atoms with Gasteiger partial charge in [-0.05, 0) is 38.5 Å². The average molecular weight is 386 g/mol. The predicted molar refractivity (Wildman–Crippen MR) is 97.2 cm³/mol. The highest BCUT2D eigenvalue weighted by molar-refractivity contribution is 7.91. The van der Waals surface area contributed by atoms with Gasteiger partial charge in [0.15, 0.2) is 0 Å².